The Bertz CT molecular complexity index is 536. The van der Waals surface area contributed by atoms with Crippen molar-refractivity contribution in [3.05, 3.63) is 33.3 Å². The minimum Gasteiger partial charge on any atom is -0.480 e. The zero-order valence-electron chi connectivity index (χ0n) is 9.72. The number of carboxylic acids is 1. The van der Waals surface area contributed by atoms with Crippen LogP contribution in [-0.4, -0.2) is 45.7 Å². The van der Waals surface area contributed by atoms with Gasteiger partial charge in [0.2, 0.25) is 0 Å². The molecule has 1 heterocycles. The second kappa shape index (κ2) is 5.48. The average Bonchev–Trinajstić information content (AvgIpc) is 2.74. The van der Waals surface area contributed by atoms with Crippen molar-refractivity contribution in [3.8, 4) is 0 Å². The fourth-order valence-corrected chi connectivity index (χ4v) is 2.65. The fraction of sp³-hybridized carbons (Fsp3) is 0.333. The van der Waals surface area contributed by atoms with Crippen LogP contribution in [0.1, 0.15) is 16.8 Å². The first-order valence-corrected chi connectivity index (χ1v) is 6.74. The summed E-state index contributed by atoms with van der Waals surface area (Å²) in [6, 6.07) is 3.76. The van der Waals surface area contributed by atoms with E-state index in [1.807, 2.05) is 0 Å². The van der Waals surface area contributed by atoms with E-state index in [0.29, 0.717) is 4.47 Å². The van der Waals surface area contributed by atoms with Crippen LogP contribution in [0.3, 0.4) is 0 Å². The van der Waals surface area contributed by atoms with Crippen LogP contribution in [0.15, 0.2) is 22.7 Å². The molecule has 0 bridgehead atoms. The molecule has 2 N–H and O–H groups in total. The fourth-order valence-electron chi connectivity index (χ4n) is 2.09. The Labute approximate surface area is 122 Å². The standard InChI is InChI=1S/C12H11BrClNO4/c13-6-1-2-9(14)8(3-6)11(17)15-5-7(16)4-10(15)12(18)19/h1-3,7,10,16H,4-5H2,(H,18,19)/t7-,10+/m1/s1. The maximum absolute atomic E-state index is 12.3. The average molecular weight is 349 g/mol. The summed E-state index contributed by atoms with van der Waals surface area (Å²) in [5.41, 5.74) is 0.219. The summed E-state index contributed by atoms with van der Waals surface area (Å²) in [5.74, 6) is -1.62. The second-order valence-corrected chi connectivity index (χ2v) is 5.65. The van der Waals surface area contributed by atoms with Gasteiger partial charge < -0.3 is 15.1 Å². The third-order valence-electron chi connectivity index (χ3n) is 2.98. The van der Waals surface area contributed by atoms with Crippen LogP contribution in [-0.2, 0) is 4.79 Å². The molecule has 1 aromatic carbocycles. The highest BCUT2D eigenvalue weighted by Gasteiger charge is 2.39. The Balaban J connectivity index is 2.33. The number of aliphatic carboxylic acids is 1. The molecule has 2 atom stereocenters. The van der Waals surface area contributed by atoms with E-state index in [2.05, 4.69) is 15.9 Å². The summed E-state index contributed by atoms with van der Waals surface area (Å²) >= 11 is 9.19. The maximum atomic E-state index is 12.3. The van der Waals surface area contributed by atoms with Crippen LogP contribution in [0.25, 0.3) is 0 Å². The summed E-state index contributed by atoms with van der Waals surface area (Å²) in [6.45, 7) is -0.00135. The van der Waals surface area contributed by atoms with Gasteiger partial charge in [-0.1, -0.05) is 27.5 Å². The third kappa shape index (κ3) is 2.91. The van der Waals surface area contributed by atoms with Gasteiger partial charge in [0.1, 0.15) is 6.04 Å². The Morgan fingerprint density at radius 1 is 1.42 bits per heavy atom. The SMILES string of the molecule is O=C(O)[C@@H]1C[C@@H](O)CN1C(=O)c1cc(Br)ccc1Cl. The molecular weight excluding hydrogens is 337 g/mol. The molecule has 0 unspecified atom stereocenters. The van der Waals surface area contributed by atoms with Gasteiger partial charge in [-0.3, -0.25) is 4.79 Å². The summed E-state index contributed by atoms with van der Waals surface area (Å²) < 4.78 is 0.673. The minimum absolute atomic E-state index is 0.00135. The third-order valence-corrected chi connectivity index (χ3v) is 3.81. The first-order chi connectivity index (χ1) is 8.90. The van der Waals surface area contributed by atoms with Gasteiger partial charge in [0.15, 0.2) is 0 Å². The normalized spacial score (nSPS) is 22.6. The zero-order chi connectivity index (χ0) is 14.2. The molecular formula is C12H11BrClNO4. The number of hydrogen-bond acceptors (Lipinski definition) is 3. The van der Waals surface area contributed by atoms with E-state index in [0.717, 1.165) is 4.90 Å². The van der Waals surface area contributed by atoms with Crippen molar-refractivity contribution in [1.82, 2.24) is 4.90 Å². The molecule has 0 saturated carbocycles. The summed E-state index contributed by atoms with van der Waals surface area (Å²) in [5, 5.41) is 18.9. The highest BCUT2D eigenvalue weighted by Crippen LogP contribution is 2.26. The van der Waals surface area contributed by atoms with Crippen molar-refractivity contribution in [3.63, 3.8) is 0 Å². The van der Waals surface area contributed by atoms with E-state index >= 15 is 0 Å². The highest BCUT2D eigenvalue weighted by molar-refractivity contribution is 9.10. The quantitative estimate of drug-likeness (QED) is 0.854. The van der Waals surface area contributed by atoms with Gasteiger partial charge in [0, 0.05) is 17.4 Å². The lowest BCUT2D eigenvalue weighted by Gasteiger charge is -2.21. The van der Waals surface area contributed by atoms with E-state index in [4.69, 9.17) is 16.7 Å². The van der Waals surface area contributed by atoms with Crippen LogP contribution in [0, 0.1) is 0 Å². The molecule has 1 amide bonds. The molecule has 1 saturated heterocycles. The van der Waals surface area contributed by atoms with E-state index in [-0.39, 0.29) is 23.6 Å². The molecule has 0 radical (unpaired) electrons. The van der Waals surface area contributed by atoms with E-state index in [1.165, 1.54) is 6.07 Å². The van der Waals surface area contributed by atoms with Gasteiger partial charge >= 0.3 is 5.97 Å². The molecule has 0 aromatic heterocycles. The number of aliphatic hydroxyl groups excluding tert-OH is 1. The minimum atomic E-state index is -1.13. The second-order valence-electron chi connectivity index (χ2n) is 4.33. The van der Waals surface area contributed by atoms with Crippen LogP contribution in [0.5, 0.6) is 0 Å². The number of carboxylic acid groups (broad SMARTS) is 1. The number of carbonyl (C=O) groups is 2. The Kier molecular flexibility index (Phi) is 4.13. The number of likely N-dealkylation sites (tertiary alicyclic amines) is 1. The van der Waals surface area contributed by atoms with E-state index in [9.17, 15) is 14.7 Å². The number of aliphatic hydroxyl groups is 1. The summed E-state index contributed by atoms with van der Waals surface area (Å²) in [4.78, 5) is 24.6. The molecule has 102 valence electrons. The number of rotatable bonds is 2. The maximum Gasteiger partial charge on any atom is 0.326 e. The highest BCUT2D eigenvalue weighted by atomic mass is 79.9. The van der Waals surface area contributed by atoms with Gasteiger partial charge in [-0.05, 0) is 18.2 Å². The van der Waals surface area contributed by atoms with Crippen molar-refractivity contribution < 1.29 is 19.8 Å². The predicted octanol–water partition coefficient (Wildman–Crippen LogP) is 1.76. The monoisotopic (exact) mass is 347 g/mol. The summed E-state index contributed by atoms with van der Waals surface area (Å²) in [6.07, 6.45) is -0.789. The molecule has 5 nitrogen and oxygen atoms in total. The summed E-state index contributed by atoms with van der Waals surface area (Å²) in [7, 11) is 0. The Morgan fingerprint density at radius 3 is 2.74 bits per heavy atom. The lowest BCUT2D eigenvalue weighted by molar-refractivity contribution is -0.141. The van der Waals surface area contributed by atoms with Crippen molar-refractivity contribution in [1.29, 1.82) is 0 Å². The lowest BCUT2D eigenvalue weighted by atomic mass is 10.1. The topological polar surface area (TPSA) is 77.8 Å². The molecule has 1 fully saturated rings. The number of carbonyl (C=O) groups excluding carboxylic acids is 1. The molecule has 1 aliphatic rings. The molecule has 0 aliphatic carbocycles. The molecule has 1 aliphatic heterocycles. The van der Waals surface area contributed by atoms with Crippen molar-refractivity contribution >= 4 is 39.4 Å². The number of β-amino-alcohol motifs (C(OH)–C–C–N with tert-alkyl or cyclic N) is 1. The molecule has 0 spiro atoms. The molecule has 19 heavy (non-hydrogen) atoms. The van der Waals surface area contributed by atoms with Crippen LogP contribution in [0.2, 0.25) is 5.02 Å². The van der Waals surface area contributed by atoms with Crippen molar-refractivity contribution in [2.24, 2.45) is 0 Å². The first-order valence-electron chi connectivity index (χ1n) is 5.57. The Morgan fingerprint density at radius 2 is 2.11 bits per heavy atom. The van der Waals surface area contributed by atoms with Crippen LogP contribution < -0.4 is 0 Å². The van der Waals surface area contributed by atoms with Crippen LogP contribution in [0.4, 0.5) is 0 Å². The van der Waals surface area contributed by atoms with Gasteiger partial charge in [-0.2, -0.15) is 0 Å². The van der Waals surface area contributed by atoms with Gasteiger partial charge in [0.25, 0.3) is 5.91 Å². The lowest BCUT2D eigenvalue weighted by Crippen LogP contribution is -2.40. The number of nitrogens with zero attached hydrogens (tertiary/aromatic N) is 1. The molecule has 2 rings (SSSR count). The molecule has 1 aromatic rings. The number of benzene rings is 1. The van der Waals surface area contributed by atoms with Gasteiger partial charge in [-0.25, -0.2) is 4.79 Å². The van der Waals surface area contributed by atoms with Gasteiger partial charge in [-0.15, -0.1) is 0 Å². The largest absolute Gasteiger partial charge is 0.480 e. The molecule has 7 heteroatoms. The zero-order valence-corrected chi connectivity index (χ0v) is 12.1. The van der Waals surface area contributed by atoms with Crippen molar-refractivity contribution in [2.45, 2.75) is 18.6 Å². The first kappa shape index (κ1) is 14.3. The number of halogens is 2. The van der Waals surface area contributed by atoms with E-state index < -0.39 is 24.0 Å². The van der Waals surface area contributed by atoms with Crippen LogP contribution >= 0.6 is 27.5 Å². The predicted molar refractivity (Wildman–Crippen MR) is 72.2 cm³/mol. The smallest absolute Gasteiger partial charge is 0.326 e. The van der Waals surface area contributed by atoms with Gasteiger partial charge in [0.05, 0.1) is 16.7 Å². The number of hydrogen-bond donors (Lipinski definition) is 2. The van der Waals surface area contributed by atoms with E-state index in [1.54, 1.807) is 12.1 Å². The number of amides is 1. The Hall–Kier alpha value is -1.11. The van der Waals surface area contributed by atoms with Crippen molar-refractivity contribution in [2.75, 3.05) is 6.54 Å².